The molecule has 0 atom stereocenters. The van der Waals surface area contributed by atoms with Gasteiger partial charge < -0.3 is 0 Å². The smallest absolute Gasteiger partial charge is 0.161 e. The zero-order valence-electron chi connectivity index (χ0n) is 19.3. The molecule has 0 aliphatic rings. The minimum atomic E-state index is -0.736. The van der Waals surface area contributed by atoms with Crippen molar-refractivity contribution in [2.45, 2.75) is 48.0 Å². The van der Waals surface area contributed by atoms with E-state index in [1.165, 1.54) is 30.8 Å². The fourth-order valence-electron chi connectivity index (χ4n) is 2.78. The van der Waals surface area contributed by atoms with Crippen LogP contribution in [0, 0.1) is 51.0 Å². The minimum Gasteiger partial charge on any atom is -0.205 e. The van der Waals surface area contributed by atoms with E-state index >= 15 is 0 Å². The third-order valence-electron chi connectivity index (χ3n) is 5.15. The van der Waals surface area contributed by atoms with Crippen LogP contribution in [0.1, 0.15) is 42.5 Å². The van der Waals surface area contributed by atoms with Crippen molar-refractivity contribution in [2.75, 3.05) is 0 Å². The van der Waals surface area contributed by atoms with Crippen LogP contribution in [0.3, 0.4) is 0 Å². The molecule has 0 aliphatic carbocycles. The molecule has 0 amide bonds. The number of aryl methyl sites for hydroxylation is 4. The molecule has 0 saturated carbocycles. The second-order valence-corrected chi connectivity index (χ2v) is 8.91. The Balaban J connectivity index is 0.000000206. The summed E-state index contributed by atoms with van der Waals surface area (Å²) in [6, 6.07) is 10.3. The maximum Gasteiger partial charge on any atom is 0.161 e. The fourth-order valence-corrected chi connectivity index (χ4v) is 4.06. The van der Waals surface area contributed by atoms with E-state index in [9.17, 15) is 17.6 Å². The van der Waals surface area contributed by atoms with Gasteiger partial charge in [0.05, 0.1) is 9.40 Å². The lowest BCUT2D eigenvalue weighted by atomic mass is 10.1. The lowest BCUT2D eigenvalue weighted by Gasteiger charge is -1.99. The molecule has 1 aromatic heterocycles. The molecule has 170 valence electrons. The zero-order valence-corrected chi connectivity index (χ0v) is 20.1. The Morgan fingerprint density at radius 3 is 1.25 bits per heavy atom. The van der Waals surface area contributed by atoms with Crippen molar-refractivity contribution in [2.24, 2.45) is 0 Å². The first kappa shape index (κ1) is 25.6. The van der Waals surface area contributed by atoms with E-state index in [0.29, 0.717) is 31.7 Å². The highest BCUT2D eigenvalue weighted by Gasteiger charge is 2.14. The normalized spacial score (nSPS) is 10.4. The first-order valence-electron chi connectivity index (χ1n) is 10.3. The van der Waals surface area contributed by atoms with Gasteiger partial charge in [-0.15, -0.1) is 17.9 Å². The zero-order chi connectivity index (χ0) is 24.2. The Labute approximate surface area is 191 Å². The molecule has 0 unspecified atom stereocenters. The van der Waals surface area contributed by atoms with Crippen LogP contribution >= 0.6 is 11.3 Å². The molecule has 4 rings (SSSR count). The van der Waals surface area contributed by atoms with Gasteiger partial charge in [-0.1, -0.05) is 48.9 Å². The van der Waals surface area contributed by atoms with Gasteiger partial charge >= 0.3 is 0 Å². The number of hydrogen-bond acceptors (Lipinski definition) is 1. The molecule has 0 fully saturated rings. The quantitative estimate of drug-likeness (QED) is 0.196. The largest absolute Gasteiger partial charge is 0.205 e. The van der Waals surface area contributed by atoms with Gasteiger partial charge in [0.2, 0.25) is 0 Å². The maximum atomic E-state index is 14.0. The summed E-state index contributed by atoms with van der Waals surface area (Å²) in [6.07, 6.45) is 1.11. The Hall–Kier alpha value is -2.66. The van der Waals surface area contributed by atoms with Gasteiger partial charge in [-0.05, 0) is 63.3 Å². The van der Waals surface area contributed by atoms with Crippen molar-refractivity contribution >= 4 is 31.5 Å². The molecule has 0 saturated heterocycles. The molecule has 0 nitrogen and oxygen atoms in total. The van der Waals surface area contributed by atoms with E-state index < -0.39 is 11.6 Å². The maximum absolute atomic E-state index is 14.0. The van der Waals surface area contributed by atoms with Crippen LogP contribution in [0.5, 0.6) is 0 Å². The predicted molar refractivity (Wildman–Crippen MR) is 130 cm³/mol. The highest BCUT2D eigenvalue weighted by Crippen LogP contribution is 2.38. The SMILES string of the molecule is C=C(C)CC.Cc1ccc(C)c(F)c1F.Cc1ccc2c(sc3c(F)c(C)ccc32)c1F. The van der Waals surface area contributed by atoms with E-state index in [-0.39, 0.29) is 11.6 Å². The van der Waals surface area contributed by atoms with Crippen molar-refractivity contribution < 1.29 is 17.6 Å². The highest BCUT2D eigenvalue weighted by molar-refractivity contribution is 7.25. The van der Waals surface area contributed by atoms with E-state index in [1.807, 2.05) is 19.1 Å². The van der Waals surface area contributed by atoms with E-state index in [2.05, 4.69) is 13.5 Å². The fraction of sp³-hybridized carbons (Fsp3) is 0.259. The molecular weight excluding hydrogens is 432 g/mol. The lowest BCUT2D eigenvalue weighted by molar-refractivity contribution is 0.497. The number of halogens is 4. The van der Waals surface area contributed by atoms with Crippen LogP contribution in [0.2, 0.25) is 0 Å². The van der Waals surface area contributed by atoms with Crippen molar-refractivity contribution in [3.8, 4) is 0 Å². The van der Waals surface area contributed by atoms with Gasteiger partial charge in [-0.25, -0.2) is 17.6 Å². The molecule has 3 aromatic carbocycles. The molecule has 32 heavy (non-hydrogen) atoms. The third kappa shape index (κ3) is 5.57. The monoisotopic (exact) mass is 460 g/mol. The van der Waals surface area contributed by atoms with Gasteiger partial charge in [0.25, 0.3) is 0 Å². The van der Waals surface area contributed by atoms with E-state index in [0.717, 1.165) is 17.2 Å². The summed E-state index contributed by atoms with van der Waals surface area (Å²) in [7, 11) is 0. The Bertz CT molecular complexity index is 1180. The van der Waals surface area contributed by atoms with Gasteiger partial charge in [-0.3, -0.25) is 0 Å². The topological polar surface area (TPSA) is 0 Å². The lowest BCUT2D eigenvalue weighted by Crippen LogP contribution is -1.91. The number of allylic oxidation sites excluding steroid dienone is 1. The summed E-state index contributed by atoms with van der Waals surface area (Å²) in [4.78, 5) is 0. The molecular formula is C27H28F4S. The van der Waals surface area contributed by atoms with Crippen molar-refractivity contribution in [1.29, 1.82) is 0 Å². The number of hydrogen-bond donors (Lipinski definition) is 0. The molecule has 0 radical (unpaired) electrons. The van der Waals surface area contributed by atoms with Gasteiger partial charge in [0.1, 0.15) is 11.6 Å². The van der Waals surface area contributed by atoms with Crippen LogP contribution in [-0.4, -0.2) is 0 Å². The van der Waals surface area contributed by atoms with Crippen LogP contribution in [0.4, 0.5) is 17.6 Å². The third-order valence-corrected chi connectivity index (χ3v) is 6.35. The van der Waals surface area contributed by atoms with Crippen molar-refractivity contribution in [3.63, 3.8) is 0 Å². The molecule has 0 bridgehead atoms. The summed E-state index contributed by atoms with van der Waals surface area (Å²) >= 11 is 1.19. The molecule has 4 aromatic rings. The second kappa shape index (κ2) is 10.8. The molecule has 0 spiro atoms. The first-order valence-corrected chi connectivity index (χ1v) is 11.1. The molecule has 0 aliphatic heterocycles. The number of rotatable bonds is 1. The summed E-state index contributed by atoms with van der Waals surface area (Å²) in [5, 5.41) is 1.60. The van der Waals surface area contributed by atoms with Crippen molar-refractivity contribution in [1.82, 2.24) is 0 Å². The second-order valence-electron chi connectivity index (χ2n) is 7.89. The number of fused-ring (bicyclic) bond motifs is 3. The molecule has 1 heterocycles. The van der Waals surface area contributed by atoms with Gasteiger partial charge in [0.15, 0.2) is 11.6 Å². The minimum absolute atomic E-state index is 0.235. The summed E-state index contributed by atoms with van der Waals surface area (Å²) in [5.41, 5.74) is 3.15. The van der Waals surface area contributed by atoms with E-state index in [1.54, 1.807) is 38.1 Å². The Morgan fingerprint density at radius 2 is 0.938 bits per heavy atom. The van der Waals surface area contributed by atoms with Crippen LogP contribution in [0.25, 0.3) is 20.2 Å². The van der Waals surface area contributed by atoms with Crippen LogP contribution < -0.4 is 0 Å². The average molecular weight is 461 g/mol. The van der Waals surface area contributed by atoms with Gasteiger partial charge in [-0.2, -0.15) is 0 Å². The number of benzene rings is 3. The summed E-state index contributed by atoms with van der Waals surface area (Å²) < 4.78 is 54.2. The molecule has 0 N–H and O–H groups in total. The van der Waals surface area contributed by atoms with Crippen LogP contribution in [0.15, 0.2) is 48.6 Å². The average Bonchev–Trinajstić information content (AvgIpc) is 3.15. The number of thiophene rings is 1. The predicted octanol–water partition coefficient (Wildman–Crippen LogP) is 9.50. The van der Waals surface area contributed by atoms with Crippen LogP contribution in [-0.2, 0) is 0 Å². The summed E-state index contributed by atoms with van der Waals surface area (Å²) in [5.74, 6) is -1.94. The van der Waals surface area contributed by atoms with Gasteiger partial charge in [0, 0.05) is 10.8 Å². The highest BCUT2D eigenvalue weighted by atomic mass is 32.1. The summed E-state index contributed by atoms with van der Waals surface area (Å²) in [6.45, 7) is 14.3. The van der Waals surface area contributed by atoms with Crippen molar-refractivity contribution in [3.05, 3.63) is 94.1 Å². The first-order chi connectivity index (χ1) is 15.0. The standard InChI is InChI=1S/C14H10F2S.C8H8F2.C5H10/c1-7-3-5-9-10-6-4-8(2)12(16)14(10)17-13(9)11(7)15;1-5-3-4-6(2)8(10)7(5)9;1-4-5(2)3/h3-6H,1-2H3;3-4H,1-2H3;2,4H2,1,3H3. The Morgan fingerprint density at radius 1 is 0.656 bits per heavy atom. The molecule has 5 heteroatoms. The van der Waals surface area contributed by atoms with E-state index in [4.69, 9.17) is 0 Å². The Kier molecular flexibility index (Phi) is 8.62.